The molecule has 0 aromatic heterocycles. The van der Waals surface area contributed by atoms with E-state index >= 15 is 0 Å². The number of rotatable bonds is 7. The molecule has 0 saturated heterocycles. The molecule has 0 aromatic carbocycles. The normalized spacial score (nSPS) is 35.7. The van der Waals surface area contributed by atoms with E-state index in [1.807, 2.05) is 0 Å². The van der Waals surface area contributed by atoms with Crippen molar-refractivity contribution in [2.75, 3.05) is 0 Å². The Labute approximate surface area is 168 Å². The molecule has 0 N–H and O–H groups in total. The van der Waals surface area contributed by atoms with E-state index in [1.54, 1.807) is 0 Å². The van der Waals surface area contributed by atoms with Crippen molar-refractivity contribution in [1.82, 2.24) is 0 Å². The molecule has 0 bridgehead atoms. The Morgan fingerprint density at radius 1 is 0.815 bits per heavy atom. The molecule has 0 spiro atoms. The van der Waals surface area contributed by atoms with E-state index in [-0.39, 0.29) is 17.5 Å². The van der Waals surface area contributed by atoms with Crippen LogP contribution in [-0.4, -0.2) is 12.1 Å². The van der Waals surface area contributed by atoms with Crippen LogP contribution in [0.5, 0.6) is 0 Å². The van der Waals surface area contributed by atoms with Crippen molar-refractivity contribution in [3.8, 4) is 0 Å². The van der Waals surface area contributed by atoms with Gasteiger partial charge in [-0.05, 0) is 75.5 Å². The maximum absolute atomic E-state index is 13.2. The first kappa shape index (κ1) is 21.2. The van der Waals surface area contributed by atoms with Gasteiger partial charge in [0.05, 0.1) is 5.41 Å². The van der Waals surface area contributed by atoms with E-state index in [0.29, 0.717) is 0 Å². The zero-order valence-corrected chi connectivity index (χ0v) is 18.1. The van der Waals surface area contributed by atoms with Crippen LogP contribution in [0.15, 0.2) is 0 Å². The maximum atomic E-state index is 13.2. The SMILES string of the molecule is CCCC1CCC(OC(=O)C2(CCC)CCC(C3CCCCC3)CC2)CC1. The van der Waals surface area contributed by atoms with Gasteiger partial charge in [0.1, 0.15) is 6.10 Å². The van der Waals surface area contributed by atoms with Crippen LogP contribution in [0.25, 0.3) is 0 Å². The van der Waals surface area contributed by atoms with E-state index in [1.165, 1.54) is 70.6 Å². The average Bonchev–Trinajstić information content (AvgIpc) is 2.71. The van der Waals surface area contributed by atoms with Crippen LogP contribution in [-0.2, 0) is 9.53 Å². The van der Waals surface area contributed by atoms with Gasteiger partial charge in [0, 0.05) is 0 Å². The van der Waals surface area contributed by atoms with Crippen LogP contribution in [0, 0.1) is 23.2 Å². The molecule has 0 aromatic rings. The predicted octanol–water partition coefficient (Wildman–Crippen LogP) is 7.45. The van der Waals surface area contributed by atoms with Crippen molar-refractivity contribution < 1.29 is 9.53 Å². The van der Waals surface area contributed by atoms with Crippen LogP contribution in [0.4, 0.5) is 0 Å². The molecule has 0 amide bonds. The Bertz CT molecular complexity index is 435. The number of carbonyl (C=O) groups is 1. The van der Waals surface area contributed by atoms with Crippen LogP contribution >= 0.6 is 0 Å². The summed E-state index contributed by atoms with van der Waals surface area (Å²) in [5, 5.41) is 0. The molecular weight excluding hydrogens is 332 g/mol. The molecule has 3 saturated carbocycles. The Morgan fingerprint density at radius 3 is 2.04 bits per heavy atom. The van der Waals surface area contributed by atoms with Crippen molar-refractivity contribution in [3.05, 3.63) is 0 Å². The second-order valence-electron chi connectivity index (χ2n) is 10.1. The Kier molecular flexibility index (Phi) is 8.09. The second-order valence-corrected chi connectivity index (χ2v) is 10.1. The summed E-state index contributed by atoms with van der Waals surface area (Å²) in [6.07, 6.45) is 21.6. The highest BCUT2D eigenvalue weighted by molar-refractivity contribution is 5.77. The molecule has 0 radical (unpaired) electrons. The van der Waals surface area contributed by atoms with Gasteiger partial charge in [-0.3, -0.25) is 4.79 Å². The third kappa shape index (κ3) is 5.51. The molecule has 3 fully saturated rings. The number of esters is 1. The molecule has 27 heavy (non-hydrogen) atoms. The van der Waals surface area contributed by atoms with Gasteiger partial charge in [0.25, 0.3) is 0 Å². The Balaban J connectivity index is 1.51. The molecule has 3 aliphatic carbocycles. The van der Waals surface area contributed by atoms with Gasteiger partial charge in [-0.2, -0.15) is 0 Å². The molecular formula is C25H44O2. The minimum atomic E-state index is -0.153. The van der Waals surface area contributed by atoms with E-state index in [9.17, 15) is 4.79 Å². The third-order valence-electron chi connectivity index (χ3n) is 8.23. The van der Waals surface area contributed by atoms with E-state index in [4.69, 9.17) is 4.74 Å². The lowest BCUT2D eigenvalue weighted by molar-refractivity contribution is -0.167. The van der Waals surface area contributed by atoms with Gasteiger partial charge in [-0.15, -0.1) is 0 Å². The minimum absolute atomic E-state index is 0.153. The van der Waals surface area contributed by atoms with Crippen LogP contribution < -0.4 is 0 Å². The quantitative estimate of drug-likeness (QED) is 0.431. The third-order valence-corrected chi connectivity index (χ3v) is 8.23. The van der Waals surface area contributed by atoms with Gasteiger partial charge >= 0.3 is 5.97 Å². The summed E-state index contributed by atoms with van der Waals surface area (Å²) in [6, 6.07) is 0. The molecule has 3 rings (SSSR count). The van der Waals surface area contributed by atoms with E-state index in [2.05, 4.69) is 13.8 Å². The fourth-order valence-corrected chi connectivity index (χ4v) is 6.53. The minimum Gasteiger partial charge on any atom is -0.462 e. The molecule has 2 nitrogen and oxygen atoms in total. The van der Waals surface area contributed by atoms with E-state index in [0.717, 1.165) is 56.3 Å². The van der Waals surface area contributed by atoms with Crippen molar-refractivity contribution >= 4 is 5.97 Å². The van der Waals surface area contributed by atoms with Crippen LogP contribution in [0.1, 0.15) is 123 Å². The monoisotopic (exact) mass is 376 g/mol. The molecule has 156 valence electrons. The highest BCUT2D eigenvalue weighted by atomic mass is 16.5. The molecule has 2 heteroatoms. The summed E-state index contributed by atoms with van der Waals surface area (Å²) in [7, 11) is 0. The summed E-state index contributed by atoms with van der Waals surface area (Å²) in [5.74, 6) is 2.88. The largest absolute Gasteiger partial charge is 0.462 e. The molecule has 3 aliphatic rings. The number of ether oxygens (including phenoxy) is 1. The van der Waals surface area contributed by atoms with Gasteiger partial charge in [0.2, 0.25) is 0 Å². The highest BCUT2D eigenvalue weighted by Crippen LogP contribution is 2.48. The smallest absolute Gasteiger partial charge is 0.312 e. The lowest BCUT2D eigenvalue weighted by Gasteiger charge is -2.42. The summed E-state index contributed by atoms with van der Waals surface area (Å²) < 4.78 is 6.15. The van der Waals surface area contributed by atoms with Crippen LogP contribution in [0.2, 0.25) is 0 Å². The first-order chi connectivity index (χ1) is 13.2. The number of hydrogen-bond acceptors (Lipinski definition) is 2. The fourth-order valence-electron chi connectivity index (χ4n) is 6.53. The fraction of sp³-hybridized carbons (Fsp3) is 0.960. The zero-order valence-electron chi connectivity index (χ0n) is 18.1. The zero-order chi connectivity index (χ0) is 19.1. The molecule has 0 unspecified atom stereocenters. The van der Waals surface area contributed by atoms with Gasteiger partial charge in [0.15, 0.2) is 0 Å². The number of carbonyl (C=O) groups excluding carboxylic acids is 1. The number of hydrogen-bond donors (Lipinski definition) is 0. The van der Waals surface area contributed by atoms with Crippen molar-refractivity contribution in [3.63, 3.8) is 0 Å². The second kappa shape index (κ2) is 10.3. The maximum Gasteiger partial charge on any atom is 0.312 e. The summed E-state index contributed by atoms with van der Waals surface area (Å²) in [6.45, 7) is 4.52. The lowest BCUT2D eigenvalue weighted by Crippen LogP contribution is -2.40. The molecule has 0 heterocycles. The van der Waals surface area contributed by atoms with Crippen LogP contribution in [0.3, 0.4) is 0 Å². The molecule has 0 aliphatic heterocycles. The van der Waals surface area contributed by atoms with Crippen molar-refractivity contribution in [2.45, 2.75) is 129 Å². The summed E-state index contributed by atoms with van der Waals surface area (Å²) in [4.78, 5) is 13.2. The van der Waals surface area contributed by atoms with Crippen molar-refractivity contribution in [2.24, 2.45) is 23.2 Å². The summed E-state index contributed by atoms with van der Waals surface area (Å²) in [5.41, 5.74) is -0.153. The Morgan fingerprint density at radius 2 is 1.44 bits per heavy atom. The van der Waals surface area contributed by atoms with Gasteiger partial charge in [-0.25, -0.2) is 0 Å². The standard InChI is InChI=1S/C25H44O2/c1-3-8-20-11-13-23(14-12-20)27-24(26)25(17-4-2)18-15-22(16-19-25)21-9-6-5-7-10-21/h20-23H,3-19H2,1-2H3. The first-order valence-electron chi connectivity index (χ1n) is 12.4. The highest BCUT2D eigenvalue weighted by Gasteiger charge is 2.44. The van der Waals surface area contributed by atoms with Gasteiger partial charge < -0.3 is 4.74 Å². The lowest BCUT2D eigenvalue weighted by atomic mass is 9.64. The first-order valence-corrected chi connectivity index (χ1v) is 12.4. The van der Waals surface area contributed by atoms with Crippen molar-refractivity contribution in [1.29, 1.82) is 0 Å². The summed E-state index contributed by atoms with van der Waals surface area (Å²) >= 11 is 0. The average molecular weight is 377 g/mol. The van der Waals surface area contributed by atoms with E-state index < -0.39 is 0 Å². The Hall–Kier alpha value is -0.530. The topological polar surface area (TPSA) is 26.3 Å². The molecule has 0 atom stereocenters. The predicted molar refractivity (Wildman–Crippen MR) is 113 cm³/mol. The van der Waals surface area contributed by atoms with Gasteiger partial charge in [-0.1, -0.05) is 65.2 Å².